The number of ether oxygens (including phenoxy) is 1. The molecule has 5 nitrogen and oxygen atoms in total. The van der Waals surface area contributed by atoms with E-state index in [2.05, 4.69) is 10.1 Å². The van der Waals surface area contributed by atoms with Gasteiger partial charge in [0, 0.05) is 12.8 Å². The number of hydrogen-bond donors (Lipinski definition) is 1. The van der Waals surface area contributed by atoms with Gasteiger partial charge in [-0.15, -0.1) is 0 Å². The molecule has 1 atom stereocenters. The fourth-order valence-electron chi connectivity index (χ4n) is 1.11. The van der Waals surface area contributed by atoms with Crippen LogP contribution in [-0.2, 0) is 19.1 Å². The smallest absolute Gasteiger partial charge is 0.336 e. The number of ketones is 1. The van der Waals surface area contributed by atoms with Crippen molar-refractivity contribution in [2.75, 3.05) is 6.61 Å². The Balaban J connectivity index is 2.60. The van der Waals surface area contributed by atoms with Crippen LogP contribution in [0.25, 0.3) is 0 Å². The van der Waals surface area contributed by atoms with Crippen molar-refractivity contribution >= 4 is 17.7 Å². The predicted octanol–water partition coefficient (Wildman–Crippen LogP) is -0.603. The highest BCUT2D eigenvalue weighted by atomic mass is 16.5. The molecule has 1 fully saturated rings. The second-order valence-electron chi connectivity index (χ2n) is 2.72. The van der Waals surface area contributed by atoms with Crippen molar-refractivity contribution in [2.24, 2.45) is 0 Å². The molecule has 1 N–H and O–H groups in total. The lowest BCUT2D eigenvalue weighted by molar-refractivity contribution is -0.152. The van der Waals surface area contributed by atoms with Crippen LogP contribution in [0.2, 0.25) is 0 Å². The molecule has 5 heteroatoms. The topological polar surface area (TPSA) is 72.5 Å². The van der Waals surface area contributed by atoms with E-state index in [-0.39, 0.29) is 31.1 Å². The lowest BCUT2D eigenvalue weighted by Crippen LogP contribution is -2.50. The van der Waals surface area contributed by atoms with Gasteiger partial charge in [-0.2, -0.15) is 0 Å². The van der Waals surface area contributed by atoms with Gasteiger partial charge in [-0.3, -0.25) is 9.59 Å². The summed E-state index contributed by atoms with van der Waals surface area (Å²) in [5, 5.41) is 2.29. The van der Waals surface area contributed by atoms with Gasteiger partial charge in [-0.1, -0.05) is 0 Å². The second-order valence-corrected chi connectivity index (χ2v) is 2.72. The van der Waals surface area contributed by atoms with Crippen LogP contribution in [0, 0.1) is 0 Å². The standard InChI is InChI=1S/C8H11NO4/c1-2-13-8(12)7-5(10)3-4-6(11)9-7/h7H,2-4H2,1H3,(H,9,11). The number of esters is 1. The van der Waals surface area contributed by atoms with Crippen molar-refractivity contribution in [1.29, 1.82) is 0 Å². The molecule has 0 saturated carbocycles. The Kier molecular flexibility index (Phi) is 3.00. The van der Waals surface area contributed by atoms with Gasteiger partial charge >= 0.3 is 5.97 Å². The molecule has 13 heavy (non-hydrogen) atoms. The van der Waals surface area contributed by atoms with Gasteiger partial charge < -0.3 is 10.1 Å². The number of Topliss-reactive ketones (excluding diaryl/α,β-unsaturated/α-hetero) is 1. The average molecular weight is 185 g/mol. The Morgan fingerprint density at radius 3 is 2.85 bits per heavy atom. The third kappa shape index (κ3) is 2.27. The Labute approximate surface area is 75.4 Å². The number of nitrogens with one attached hydrogen (secondary N) is 1. The maximum atomic E-state index is 11.1. The number of carbonyl (C=O) groups is 3. The molecule has 0 aliphatic carbocycles. The first-order valence-electron chi connectivity index (χ1n) is 4.14. The molecule has 0 bridgehead atoms. The van der Waals surface area contributed by atoms with Crippen molar-refractivity contribution in [1.82, 2.24) is 5.32 Å². The quantitative estimate of drug-likeness (QED) is 0.460. The molecule has 0 aromatic carbocycles. The number of piperidine rings is 1. The van der Waals surface area contributed by atoms with Crippen LogP contribution < -0.4 is 5.32 Å². The highest BCUT2D eigenvalue weighted by Crippen LogP contribution is 2.05. The summed E-state index contributed by atoms with van der Waals surface area (Å²) >= 11 is 0. The van der Waals surface area contributed by atoms with Crippen LogP contribution in [0.5, 0.6) is 0 Å². The summed E-state index contributed by atoms with van der Waals surface area (Å²) in [6, 6.07) is -1.08. The van der Waals surface area contributed by atoms with Crippen molar-refractivity contribution in [3.8, 4) is 0 Å². The SMILES string of the molecule is CCOC(=O)C1NC(=O)CCC1=O. The van der Waals surface area contributed by atoms with Crippen molar-refractivity contribution in [2.45, 2.75) is 25.8 Å². The minimum Gasteiger partial charge on any atom is -0.464 e. The zero-order valence-electron chi connectivity index (χ0n) is 7.33. The molecular formula is C8H11NO4. The van der Waals surface area contributed by atoms with Crippen molar-refractivity contribution < 1.29 is 19.1 Å². The summed E-state index contributed by atoms with van der Waals surface area (Å²) in [5.74, 6) is -1.23. The van der Waals surface area contributed by atoms with Gasteiger partial charge in [-0.05, 0) is 6.92 Å². The van der Waals surface area contributed by atoms with E-state index in [1.165, 1.54) is 0 Å². The lowest BCUT2D eigenvalue weighted by Gasteiger charge is -2.19. The van der Waals surface area contributed by atoms with E-state index >= 15 is 0 Å². The third-order valence-electron chi connectivity index (χ3n) is 1.75. The number of amides is 1. The molecule has 1 aliphatic rings. The van der Waals surface area contributed by atoms with Gasteiger partial charge in [0.1, 0.15) is 0 Å². The number of hydrogen-bond acceptors (Lipinski definition) is 4. The van der Waals surface area contributed by atoms with Crippen LogP contribution in [0.1, 0.15) is 19.8 Å². The summed E-state index contributed by atoms with van der Waals surface area (Å²) < 4.78 is 4.63. The van der Waals surface area contributed by atoms with E-state index in [9.17, 15) is 14.4 Å². The molecular weight excluding hydrogens is 174 g/mol. The first kappa shape index (κ1) is 9.70. The monoisotopic (exact) mass is 185 g/mol. The first-order chi connectivity index (χ1) is 6.15. The van der Waals surface area contributed by atoms with Crippen molar-refractivity contribution in [3.05, 3.63) is 0 Å². The lowest BCUT2D eigenvalue weighted by atomic mass is 10.0. The third-order valence-corrected chi connectivity index (χ3v) is 1.75. The van der Waals surface area contributed by atoms with E-state index < -0.39 is 12.0 Å². The Hall–Kier alpha value is -1.39. The zero-order chi connectivity index (χ0) is 9.84. The molecule has 0 spiro atoms. The van der Waals surface area contributed by atoms with Gasteiger partial charge in [0.15, 0.2) is 11.8 Å². The van der Waals surface area contributed by atoms with Crippen LogP contribution in [0.4, 0.5) is 0 Å². The fourth-order valence-corrected chi connectivity index (χ4v) is 1.11. The molecule has 0 aromatic rings. The van der Waals surface area contributed by atoms with Gasteiger partial charge in [0.25, 0.3) is 0 Å². The average Bonchev–Trinajstić information content (AvgIpc) is 2.09. The van der Waals surface area contributed by atoms with E-state index in [4.69, 9.17) is 0 Å². The summed E-state index contributed by atoms with van der Waals surface area (Å²) in [5.41, 5.74) is 0. The van der Waals surface area contributed by atoms with Crippen LogP contribution in [0.15, 0.2) is 0 Å². The molecule has 1 amide bonds. The molecule has 1 aliphatic heterocycles. The van der Waals surface area contributed by atoms with Crippen LogP contribution in [-0.4, -0.2) is 30.3 Å². The predicted molar refractivity (Wildman–Crippen MR) is 42.8 cm³/mol. The van der Waals surface area contributed by atoms with E-state index in [0.29, 0.717) is 0 Å². The summed E-state index contributed by atoms with van der Waals surface area (Å²) in [4.78, 5) is 33.1. The largest absolute Gasteiger partial charge is 0.464 e. The van der Waals surface area contributed by atoms with Crippen molar-refractivity contribution in [3.63, 3.8) is 0 Å². The summed E-state index contributed by atoms with van der Waals surface area (Å²) in [6.45, 7) is 1.85. The van der Waals surface area contributed by atoms with Crippen LogP contribution in [0.3, 0.4) is 0 Å². The molecule has 0 aromatic heterocycles. The zero-order valence-corrected chi connectivity index (χ0v) is 7.33. The number of rotatable bonds is 2. The second kappa shape index (κ2) is 4.02. The first-order valence-corrected chi connectivity index (χ1v) is 4.14. The highest BCUT2D eigenvalue weighted by Gasteiger charge is 2.33. The Bertz CT molecular complexity index is 249. The van der Waals surface area contributed by atoms with E-state index in [1.54, 1.807) is 6.92 Å². The number of carbonyl (C=O) groups excluding carboxylic acids is 3. The molecule has 1 unspecified atom stereocenters. The molecule has 1 heterocycles. The van der Waals surface area contributed by atoms with E-state index in [0.717, 1.165) is 0 Å². The summed E-state index contributed by atoms with van der Waals surface area (Å²) in [6.07, 6.45) is 0.282. The highest BCUT2D eigenvalue weighted by molar-refractivity contribution is 6.08. The summed E-state index contributed by atoms with van der Waals surface area (Å²) in [7, 11) is 0. The van der Waals surface area contributed by atoms with Gasteiger partial charge in [0.2, 0.25) is 5.91 Å². The normalized spacial score (nSPS) is 22.4. The van der Waals surface area contributed by atoms with Gasteiger partial charge in [0.05, 0.1) is 6.61 Å². The van der Waals surface area contributed by atoms with E-state index in [1.807, 2.05) is 0 Å². The maximum absolute atomic E-state index is 11.1. The Morgan fingerprint density at radius 1 is 1.54 bits per heavy atom. The fraction of sp³-hybridized carbons (Fsp3) is 0.625. The molecule has 0 radical (unpaired) electrons. The molecule has 1 saturated heterocycles. The van der Waals surface area contributed by atoms with Crippen LogP contribution >= 0.6 is 0 Å². The minimum atomic E-state index is -1.08. The molecule has 72 valence electrons. The maximum Gasteiger partial charge on any atom is 0.336 e. The van der Waals surface area contributed by atoms with Gasteiger partial charge in [-0.25, -0.2) is 4.79 Å². The minimum absolute atomic E-state index is 0.120. The molecule has 1 rings (SSSR count). The Morgan fingerprint density at radius 2 is 2.23 bits per heavy atom.